The number of alkyl halides is 6. The van der Waals surface area contributed by atoms with Crippen molar-refractivity contribution in [2.75, 3.05) is 43.0 Å². The lowest BCUT2D eigenvalue weighted by atomic mass is 9.91. The highest BCUT2D eigenvalue weighted by Gasteiger charge is 2.71. The Bertz CT molecular complexity index is 1280. The van der Waals surface area contributed by atoms with Gasteiger partial charge in [-0.15, -0.1) is 0 Å². The number of nitrogens with zero attached hydrogens (tertiary/aromatic N) is 2. The number of piperazine rings is 1. The van der Waals surface area contributed by atoms with Crippen molar-refractivity contribution in [2.45, 2.75) is 43.4 Å². The van der Waals surface area contributed by atoms with Crippen molar-refractivity contribution in [3.8, 4) is 0 Å². The maximum Gasteiger partial charge on any atom is 0.430 e. The third-order valence-electron chi connectivity index (χ3n) is 7.45. The SMILES string of the molecule is O=C(Nc1ccc(C(=O)N2CCN(Cc3ccc(C(O)(C(F)(F)F)C(F)(F)F)cc3)CC2)cc1F)NC1CC[S+]([O-])CC1. The molecule has 0 radical (unpaired) electrons. The van der Waals surface area contributed by atoms with E-state index in [1.807, 2.05) is 4.90 Å². The van der Waals surface area contributed by atoms with E-state index in [2.05, 4.69) is 10.6 Å². The second-order valence-electron chi connectivity index (χ2n) is 10.4. The van der Waals surface area contributed by atoms with E-state index >= 15 is 0 Å². The molecule has 0 saturated carbocycles. The smallest absolute Gasteiger partial charge is 0.430 e. The van der Waals surface area contributed by atoms with Gasteiger partial charge in [-0.1, -0.05) is 35.4 Å². The zero-order valence-corrected chi connectivity index (χ0v) is 23.4. The summed E-state index contributed by atoms with van der Waals surface area (Å²) in [6.45, 7) is 1.30. The number of halogens is 7. The van der Waals surface area contributed by atoms with Crippen LogP contribution in [0.1, 0.15) is 34.3 Å². The van der Waals surface area contributed by atoms with Crippen molar-refractivity contribution in [1.29, 1.82) is 0 Å². The standard InChI is InChI=1S/C27H29F7N4O4S/c28-21-15-18(3-6-22(21)36-24(40)35-20-7-13-43(42)14-8-20)23(39)38-11-9-37(10-12-38)16-17-1-4-19(5-2-17)25(41,26(29,30)31)27(32,33)34/h1-6,15,20,41H,7-14,16H2,(H2,35,36,40). The quantitative estimate of drug-likeness (QED) is 0.326. The Balaban J connectivity index is 1.29. The fourth-order valence-electron chi connectivity index (χ4n) is 4.92. The van der Waals surface area contributed by atoms with Crippen molar-refractivity contribution >= 4 is 28.8 Å². The molecule has 8 nitrogen and oxygen atoms in total. The lowest BCUT2D eigenvalue weighted by Gasteiger charge is -2.35. The first-order chi connectivity index (χ1) is 20.1. The minimum Gasteiger partial charge on any atom is -0.616 e. The largest absolute Gasteiger partial charge is 0.616 e. The summed E-state index contributed by atoms with van der Waals surface area (Å²) in [4.78, 5) is 28.5. The highest BCUT2D eigenvalue weighted by atomic mass is 32.2. The summed E-state index contributed by atoms with van der Waals surface area (Å²) in [5.41, 5.74) is -5.99. The second-order valence-corrected chi connectivity index (χ2v) is 12.1. The lowest BCUT2D eigenvalue weighted by molar-refractivity contribution is -0.376. The molecule has 2 heterocycles. The molecule has 0 aliphatic carbocycles. The van der Waals surface area contributed by atoms with Crippen LogP contribution in [0.3, 0.4) is 0 Å². The van der Waals surface area contributed by atoms with Gasteiger partial charge in [-0.2, -0.15) is 26.3 Å². The summed E-state index contributed by atoms with van der Waals surface area (Å²) in [6, 6.07) is 6.22. The van der Waals surface area contributed by atoms with Crippen LogP contribution in [0.2, 0.25) is 0 Å². The molecule has 2 saturated heterocycles. The van der Waals surface area contributed by atoms with Crippen molar-refractivity contribution in [3.05, 3.63) is 65.0 Å². The van der Waals surface area contributed by atoms with E-state index in [4.69, 9.17) is 0 Å². The van der Waals surface area contributed by atoms with Crippen LogP contribution in [-0.2, 0) is 23.3 Å². The predicted octanol–water partition coefficient (Wildman–Crippen LogP) is 4.13. The first kappa shape index (κ1) is 32.8. The summed E-state index contributed by atoms with van der Waals surface area (Å²) < 4.78 is 105. The third-order valence-corrected chi connectivity index (χ3v) is 8.83. The van der Waals surface area contributed by atoms with Gasteiger partial charge in [0.25, 0.3) is 11.5 Å². The Morgan fingerprint density at radius 3 is 2.05 bits per heavy atom. The molecule has 0 unspecified atom stereocenters. The first-order valence-corrected chi connectivity index (χ1v) is 14.8. The zero-order chi connectivity index (χ0) is 31.6. The minimum absolute atomic E-state index is 0.0593. The van der Waals surface area contributed by atoms with E-state index in [0.717, 1.165) is 18.2 Å². The third kappa shape index (κ3) is 7.53. The number of carbonyl (C=O) groups excluding carboxylic acids is 2. The number of rotatable bonds is 6. The van der Waals surface area contributed by atoms with Gasteiger partial charge in [0.15, 0.2) is 0 Å². The van der Waals surface area contributed by atoms with Gasteiger partial charge in [0.2, 0.25) is 0 Å². The molecule has 4 rings (SSSR count). The van der Waals surface area contributed by atoms with Gasteiger partial charge in [0, 0.05) is 62.7 Å². The van der Waals surface area contributed by atoms with E-state index < -0.39 is 52.4 Å². The molecule has 2 fully saturated rings. The number of hydrogen-bond donors (Lipinski definition) is 3. The topological polar surface area (TPSA) is 108 Å². The molecule has 0 spiro atoms. The monoisotopic (exact) mass is 638 g/mol. The Kier molecular flexibility index (Phi) is 9.83. The summed E-state index contributed by atoms with van der Waals surface area (Å²) in [7, 11) is 0. The molecule has 2 aliphatic rings. The van der Waals surface area contributed by atoms with Crippen LogP contribution in [0.5, 0.6) is 0 Å². The maximum absolute atomic E-state index is 14.7. The van der Waals surface area contributed by atoms with Crippen molar-refractivity contribution in [1.82, 2.24) is 15.1 Å². The lowest BCUT2D eigenvalue weighted by Crippen LogP contribution is -2.53. The average molecular weight is 639 g/mol. The Morgan fingerprint density at radius 1 is 0.930 bits per heavy atom. The van der Waals surface area contributed by atoms with E-state index in [-0.39, 0.29) is 36.9 Å². The van der Waals surface area contributed by atoms with E-state index in [0.29, 0.717) is 55.1 Å². The van der Waals surface area contributed by atoms with Crippen LogP contribution in [0.15, 0.2) is 42.5 Å². The molecule has 0 aromatic heterocycles. The van der Waals surface area contributed by atoms with Crippen molar-refractivity contribution in [2.24, 2.45) is 0 Å². The molecule has 43 heavy (non-hydrogen) atoms. The van der Waals surface area contributed by atoms with Gasteiger partial charge in [0.05, 0.1) is 5.69 Å². The van der Waals surface area contributed by atoms with E-state index in [9.17, 15) is 50.0 Å². The molecule has 2 aliphatic heterocycles. The molecule has 3 N–H and O–H groups in total. The van der Waals surface area contributed by atoms with Crippen molar-refractivity contribution < 1.29 is 50.0 Å². The summed E-state index contributed by atoms with van der Waals surface area (Å²) in [5, 5.41) is 14.7. The summed E-state index contributed by atoms with van der Waals surface area (Å²) in [5.74, 6) is -0.290. The number of anilines is 1. The molecule has 2 aromatic rings. The number of benzene rings is 2. The molecule has 3 amide bonds. The fourth-order valence-corrected chi connectivity index (χ4v) is 6.22. The Hall–Kier alpha value is -3.08. The molecule has 236 valence electrons. The predicted molar refractivity (Wildman–Crippen MR) is 143 cm³/mol. The normalized spacial score (nSPS) is 20.5. The van der Waals surface area contributed by atoms with Crippen LogP contribution >= 0.6 is 0 Å². The van der Waals surface area contributed by atoms with Gasteiger partial charge in [-0.25, -0.2) is 9.18 Å². The number of aliphatic hydroxyl groups is 1. The highest BCUT2D eigenvalue weighted by Crippen LogP contribution is 2.50. The summed E-state index contributed by atoms with van der Waals surface area (Å²) >= 11 is -0.888. The van der Waals surface area contributed by atoms with Gasteiger partial charge in [-0.05, 0) is 23.8 Å². The summed E-state index contributed by atoms with van der Waals surface area (Å²) in [6.07, 6.45) is -10.8. The molecular weight excluding hydrogens is 609 g/mol. The number of nitrogens with one attached hydrogen (secondary N) is 2. The van der Waals surface area contributed by atoms with Crippen molar-refractivity contribution in [3.63, 3.8) is 0 Å². The number of hydrogen-bond acceptors (Lipinski definition) is 5. The Morgan fingerprint density at radius 2 is 1.51 bits per heavy atom. The van der Waals surface area contributed by atoms with Crippen LogP contribution < -0.4 is 10.6 Å². The average Bonchev–Trinajstić information content (AvgIpc) is 2.94. The van der Waals surface area contributed by atoms with Crippen LogP contribution in [-0.4, -0.2) is 87.5 Å². The van der Waals surface area contributed by atoms with Gasteiger partial charge >= 0.3 is 18.4 Å². The van der Waals surface area contributed by atoms with E-state index in [1.54, 1.807) is 0 Å². The number of urea groups is 1. The van der Waals surface area contributed by atoms with Gasteiger partial charge < -0.3 is 25.2 Å². The fraction of sp³-hybridized carbons (Fsp3) is 0.481. The van der Waals surface area contributed by atoms with Gasteiger partial charge in [-0.3, -0.25) is 9.69 Å². The molecule has 16 heteroatoms. The molecule has 0 atom stereocenters. The minimum atomic E-state index is -5.97. The van der Waals surface area contributed by atoms with E-state index in [1.165, 1.54) is 17.0 Å². The van der Waals surface area contributed by atoms with Gasteiger partial charge in [0.1, 0.15) is 17.3 Å². The molecule has 0 bridgehead atoms. The first-order valence-electron chi connectivity index (χ1n) is 13.3. The van der Waals surface area contributed by atoms with Crippen LogP contribution in [0.4, 0.5) is 41.2 Å². The number of carbonyl (C=O) groups is 2. The maximum atomic E-state index is 14.7. The Labute approximate surface area is 245 Å². The molecular formula is C27H29F7N4O4S. The second kappa shape index (κ2) is 12.9. The van der Waals surface area contributed by atoms with Crippen LogP contribution in [0.25, 0.3) is 0 Å². The highest BCUT2D eigenvalue weighted by molar-refractivity contribution is 7.91. The number of amides is 3. The molecule has 2 aromatic carbocycles. The van der Waals surface area contributed by atoms with Crippen LogP contribution in [0, 0.1) is 5.82 Å². The zero-order valence-electron chi connectivity index (χ0n) is 22.6.